The van der Waals surface area contributed by atoms with Gasteiger partial charge in [0.05, 0.1) is 0 Å². The fourth-order valence-electron chi connectivity index (χ4n) is 3.14. The van der Waals surface area contributed by atoms with E-state index in [0.29, 0.717) is 19.0 Å². The average Bonchev–Trinajstić information content (AvgIpc) is 2.50. The summed E-state index contributed by atoms with van der Waals surface area (Å²) in [6, 6.07) is -0.0387. The molecular weight excluding hydrogens is 240 g/mol. The Balaban J connectivity index is 2.18. The van der Waals surface area contributed by atoms with E-state index in [2.05, 4.69) is 5.32 Å². The van der Waals surface area contributed by atoms with Crippen LogP contribution < -0.4 is 5.32 Å². The molecule has 1 unspecified atom stereocenters. The number of carbonyl (C=O) groups is 2. The van der Waals surface area contributed by atoms with Crippen LogP contribution in [0.2, 0.25) is 0 Å². The van der Waals surface area contributed by atoms with E-state index in [1.54, 1.807) is 0 Å². The summed E-state index contributed by atoms with van der Waals surface area (Å²) >= 11 is 0. The largest absolute Gasteiger partial charge is 0.344 e. The molecule has 1 saturated heterocycles. The molecule has 0 aromatic carbocycles. The molecule has 0 aromatic heterocycles. The molecule has 19 heavy (non-hydrogen) atoms. The molecule has 2 rings (SSSR count). The maximum absolute atomic E-state index is 12.7. The summed E-state index contributed by atoms with van der Waals surface area (Å²) < 4.78 is 0. The van der Waals surface area contributed by atoms with E-state index in [0.717, 1.165) is 12.8 Å². The van der Waals surface area contributed by atoms with Crippen molar-refractivity contribution in [3.8, 4) is 0 Å². The third-order valence-corrected chi connectivity index (χ3v) is 4.30. The fourth-order valence-corrected chi connectivity index (χ4v) is 3.14. The van der Waals surface area contributed by atoms with Crippen LogP contribution in [-0.4, -0.2) is 35.3 Å². The van der Waals surface area contributed by atoms with Crippen LogP contribution in [-0.2, 0) is 9.59 Å². The van der Waals surface area contributed by atoms with Crippen molar-refractivity contribution < 1.29 is 9.59 Å². The number of nitrogens with one attached hydrogen (secondary N) is 1. The third-order valence-electron chi connectivity index (χ3n) is 4.30. The lowest BCUT2D eigenvalue weighted by Crippen LogP contribution is -2.54. The van der Waals surface area contributed by atoms with E-state index >= 15 is 0 Å². The molecule has 108 valence electrons. The highest BCUT2D eigenvalue weighted by Crippen LogP contribution is 2.28. The van der Waals surface area contributed by atoms with E-state index < -0.39 is 0 Å². The summed E-state index contributed by atoms with van der Waals surface area (Å²) in [7, 11) is 0. The first-order chi connectivity index (χ1) is 8.89. The monoisotopic (exact) mass is 266 g/mol. The molecule has 1 N–H and O–H groups in total. The number of hydrogen-bond donors (Lipinski definition) is 1. The van der Waals surface area contributed by atoms with Crippen LogP contribution in [0.15, 0.2) is 0 Å². The third kappa shape index (κ3) is 3.28. The van der Waals surface area contributed by atoms with Gasteiger partial charge in [-0.2, -0.15) is 0 Å². The zero-order valence-corrected chi connectivity index (χ0v) is 12.4. The van der Waals surface area contributed by atoms with E-state index in [9.17, 15) is 9.59 Å². The van der Waals surface area contributed by atoms with Crippen LogP contribution in [0.1, 0.15) is 59.3 Å². The highest BCUT2D eigenvalue weighted by atomic mass is 16.2. The molecule has 2 aliphatic rings. The molecule has 0 spiro atoms. The molecule has 0 bridgehead atoms. The van der Waals surface area contributed by atoms with Gasteiger partial charge in [0.15, 0.2) is 0 Å². The molecule has 1 aliphatic heterocycles. The average molecular weight is 266 g/mol. The lowest BCUT2D eigenvalue weighted by molar-refractivity contribution is -0.139. The predicted octanol–water partition coefficient (Wildman–Crippen LogP) is 2.08. The number of nitrogens with zero attached hydrogens (tertiary/aromatic N) is 1. The SMILES string of the molecule is CC(C)(C)C1NC(=O)CCN(C2CCCCC2)C1=O. The number of carbonyl (C=O) groups excluding carboxylic acids is 2. The van der Waals surface area contributed by atoms with Crippen molar-refractivity contribution in [3.63, 3.8) is 0 Å². The van der Waals surface area contributed by atoms with E-state index in [4.69, 9.17) is 0 Å². The molecule has 2 fully saturated rings. The van der Waals surface area contributed by atoms with E-state index in [1.807, 2.05) is 25.7 Å². The van der Waals surface area contributed by atoms with Crippen molar-refractivity contribution in [3.05, 3.63) is 0 Å². The lowest BCUT2D eigenvalue weighted by atomic mass is 9.85. The quantitative estimate of drug-likeness (QED) is 0.790. The van der Waals surface area contributed by atoms with Gasteiger partial charge in [0.2, 0.25) is 11.8 Å². The summed E-state index contributed by atoms with van der Waals surface area (Å²) in [5.41, 5.74) is -0.232. The molecule has 2 amide bonds. The summed E-state index contributed by atoms with van der Waals surface area (Å²) in [4.78, 5) is 26.6. The molecule has 1 atom stereocenters. The van der Waals surface area contributed by atoms with Crippen LogP contribution in [0.25, 0.3) is 0 Å². The normalized spacial score (nSPS) is 27.1. The van der Waals surface area contributed by atoms with E-state index in [-0.39, 0.29) is 23.3 Å². The lowest BCUT2D eigenvalue weighted by Gasteiger charge is -2.37. The number of rotatable bonds is 1. The molecule has 0 aromatic rings. The maximum atomic E-state index is 12.7. The maximum Gasteiger partial charge on any atom is 0.245 e. The second-order valence-electron chi connectivity index (χ2n) is 6.94. The van der Waals surface area contributed by atoms with Crippen molar-refractivity contribution in [1.82, 2.24) is 10.2 Å². The Morgan fingerprint density at radius 2 is 1.74 bits per heavy atom. The minimum absolute atomic E-state index is 0.00610. The Morgan fingerprint density at radius 3 is 2.32 bits per heavy atom. The van der Waals surface area contributed by atoms with E-state index in [1.165, 1.54) is 19.3 Å². The van der Waals surface area contributed by atoms with Crippen LogP contribution in [0.5, 0.6) is 0 Å². The van der Waals surface area contributed by atoms with Gasteiger partial charge in [-0.3, -0.25) is 9.59 Å². The Labute approximate surface area is 115 Å². The number of hydrogen-bond acceptors (Lipinski definition) is 2. The smallest absolute Gasteiger partial charge is 0.245 e. The standard InChI is InChI=1S/C15H26N2O2/c1-15(2,3)13-14(19)17(10-9-12(18)16-13)11-7-5-4-6-8-11/h11,13H,4-10H2,1-3H3,(H,16,18). The van der Waals surface area contributed by atoms with Crippen molar-refractivity contribution in [2.24, 2.45) is 5.41 Å². The van der Waals surface area contributed by atoms with Crippen LogP contribution in [0.4, 0.5) is 0 Å². The first-order valence-electron chi connectivity index (χ1n) is 7.49. The molecule has 4 heteroatoms. The van der Waals surface area contributed by atoms with Crippen LogP contribution in [0.3, 0.4) is 0 Å². The van der Waals surface area contributed by atoms with Gasteiger partial charge in [0, 0.05) is 19.0 Å². The second-order valence-corrected chi connectivity index (χ2v) is 6.94. The van der Waals surface area contributed by atoms with Crippen molar-refractivity contribution >= 4 is 11.8 Å². The first-order valence-corrected chi connectivity index (χ1v) is 7.49. The van der Waals surface area contributed by atoms with Gasteiger partial charge in [0.1, 0.15) is 6.04 Å². The zero-order chi connectivity index (χ0) is 14.0. The fraction of sp³-hybridized carbons (Fsp3) is 0.867. The molecule has 0 radical (unpaired) electrons. The highest BCUT2D eigenvalue weighted by Gasteiger charge is 2.40. The van der Waals surface area contributed by atoms with Crippen molar-refractivity contribution in [2.45, 2.75) is 71.4 Å². The predicted molar refractivity (Wildman–Crippen MR) is 74.6 cm³/mol. The Kier molecular flexibility index (Phi) is 4.16. The van der Waals surface area contributed by atoms with Gasteiger partial charge < -0.3 is 10.2 Å². The van der Waals surface area contributed by atoms with Crippen LogP contribution >= 0.6 is 0 Å². The highest BCUT2D eigenvalue weighted by molar-refractivity contribution is 5.90. The molecule has 1 aliphatic carbocycles. The zero-order valence-electron chi connectivity index (χ0n) is 12.4. The number of amides is 2. The summed E-state index contributed by atoms with van der Waals surface area (Å²) in [5.74, 6) is 0.122. The van der Waals surface area contributed by atoms with Gasteiger partial charge >= 0.3 is 0 Å². The minimum Gasteiger partial charge on any atom is -0.344 e. The van der Waals surface area contributed by atoms with Gasteiger partial charge in [-0.25, -0.2) is 0 Å². The Hall–Kier alpha value is -1.06. The van der Waals surface area contributed by atoms with Gasteiger partial charge in [-0.05, 0) is 18.3 Å². The molecular formula is C15H26N2O2. The second kappa shape index (κ2) is 5.51. The van der Waals surface area contributed by atoms with Gasteiger partial charge in [-0.15, -0.1) is 0 Å². The molecule has 1 saturated carbocycles. The summed E-state index contributed by atoms with van der Waals surface area (Å²) in [6.07, 6.45) is 6.31. The Bertz CT molecular complexity index is 354. The molecule has 4 nitrogen and oxygen atoms in total. The van der Waals surface area contributed by atoms with Crippen molar-refractivity contribution in [2.75, 3.05) is 6.54 Å². The topological polar surface area (TPSA) is 49.4 Å². The van der Waals surface area contributed by atoms with Crippen molar-refractivity contribution in [1.29, 1.82) is 0 Å². The summed E-state index contributed by atoms with van der Waals surface area (Å²) in [6.45, 7) is 6.63. The van der Waals surface area contributed by atoms with Gasteiger partial charge in [0.25, 0.3) is 0 Å². The van der Waals surface area contributed by atoms with Crippen LogP contribution in [0, 0.1) is 5.41 Å². The minimum atomic E-state index is -0.385. The molecule has 1 heterocycles. The Morgan fingerprint density at radius 1 is 1.11 bits per heavy atom. The van der Waals surface area contributed by atoms with Gasteiger partial charge in [-0.1, -0.05) is 40.0 Å². The first kappa shape index (κ1) is 14.4. The summed E-state index contributed by atoms with van der Waals surface area (Å²) in [5, 5.41) is 2.91.